The zero-order chi connectivity index (χ0) is 23.4. The van der Waals surface area contributed by atoms with E-state index in [1.807, 2.05) is 42.5 Å². The van der Waals surface area contributed by atoms with Crippen LogP contribution < -0.4 is 0 Å². The van der Waals surface area contributed by atoms with E-state index in [4.69, 9.17) is 11.6 Å². The maximum Gasteiger partial charge on any atom is 0.246 e. The number of piperazine rings is 1. The smallest absolute Gasteiger partial charge is 0.246 e. The highest BCUT2D eigenvalue weighted by atomic mass is 35.5. The molecule has 4 aromatic rings. The van der Waals surface area contributed by atoms with Gasteiger partial charge in [0.15, 0.2) is 0 Å². The van der Waals surface area contributed by atoms with Gasteiger partial charge in [-0.2, -0.15) is 0 Å². The summed E-state index contributed by atoms with van der Waals surface area (Å²) in [7, 11) is 0. The Morgan fingerprint density at radius 1 is 1.00 bits per heavy atom. The number of hydrogen-bond acceptors (Lipinski definition) is 2. The average molecular weight is 474 g/mol. The van der Waals surface area contributed by atoms with Gasteiger partial charge in [0.25, 0.3) is 0 Å². The van der Waals surface area contributed by atoms with Crippen molar-refractivity contribution in [3.05, 3.63) is 106 Å². The van der Waals surface area contributed by atoms with Crippen molar-refractivity contribution in [2.45, 2.75) is 25.0 Å². The van der Waals surface area contributed by atoms with Gasteiger partial charge < -0.3 is 14.8 Å². The van der Waals surface area contributed by atoms with E-state index in [-0.39, 0.29) is 30.7 Å². The van der Waals surface area contributed by atoms with Gasteiger partial charge in [-0.15, -0.1) is 0 Å². The van der Waals surface area contributed by atoms with Crippen molar-refractivity contribution in [1.29, 1.82) is 0 Å². The van der Waals surface area contributed by atoms with Crippen LogP contribution in [0.4, 0.5) is 4.39 Å². The molecule has 1 fully saturated rings. The van der Waals surface area contributed by atoms with Crippen molar-refractivity contribution in [3.8, 4) is 0 Å². The predicted octanol–water partition coefficient (Wildman–Crippen LogP) is 4.85. The van der Waals surface area contributed by atoms with E-state index in [9.17, 15) is 14.0 Å². The van der Waals surface area contributed by atoms with E-state index >= 15 is 0 Å². The number of H-pyrrole nitrogens is 1. The van der Waals surface area contributed by atoms with Gasteiger partial charge in [0.05, 0.1) is 6.04 Å². The molecule has 0 aliphatic carbocycles. The van der Waals surface area contributed by atoms with E-state index in [0.29, 0.717) is 11.4 Å². The summed E-state index contributed by atoms with van der Waals surface area (Å²) < 4.78 is 13.3. The van der Waals surface area contributed by atoms with Crippen LogP contribution >= 0.6 is 11.6 Å². The number of hydrogen-bond donors (Lipinski definition) is 1. The number of nitrogens with one attached hydrogen (secondary N) is 1. The molecule has 34 heavy (non-hydrogen) atoms. The maximum absolute atomic E-state index is 13.7. The highest BCUT2D eigenvalue weighted by molar-refractivity contribution is 6.30. The molecule has 1 aromatic heterocycles. The molecule has 3 heterocycles. The maximum atomic E-state index is 13.7. The SMILES string of the molecule is O=C1[C@@H]2Cc3c([nH]c4ccccc34)[C@H](c3cccc(Cl)c3)N2C(=O)CN1Cc1ccc(F)cc1. The number of benzene rings is 3. The van der Waals surface area contributed by atoms with Gasteiger partial charge in [-0.3, -0.25) is 9.59 Å². The lowest BCUT2D eigenvalue weighted by Gasteiger charge is -2.47. The third kappa shape index (κ3) is 3.37. The second kappa shape index (κ2) is 7.99. The number of aromatic nitrogens is 1. The summed E-state index contributed by atoms with van der Waals surface area (Å²) in [5, 5.41) is 1.63. The van der Waals surface area contributed by atoms with E-state index in [1.54, 1.807) is 28.0 Å². The molecule has 2 atom stereocenters. The van der Waals surface area contributed by atoms with Crippen LogP contribution in [-0.4, -0.2) is 39.2 Å². The van der Waals surface area contributed by atoms with Crippen LogP contribution in [0.25, 0.3) is 10.9 Å². The Kier molecular flexibility index (Phi) is 4.92. The van der Waals surface area contributed by atoms with Crippen molar-refractivity contribution in [2.75, 3.05) is 6.54 Å². The van der Waals surface area contributed by atoms with E-state index < -0.39 is 12.1 Å². The molecule has 170 valence electrons. The van der Waals surface area contributed by atoms with Crippen molar-refractivity contribution < 1.29 is 14.0 Å². The monoisotopic (exact) mass is 473 g/mol. The number of nitrogens with zero attached hydrogens (tertiary/aromatic N) is 2. The molecule has 0 unspecified atom stereocenters. The molecule has 0 saturated carbocycles. The molecule has 7 heteroatoms. The van der Waals surface area contributed by atoms with Crippen molar-refractivity contribution in [3.63, 3.8) is 0 Å². The second-order valence-corrected chi connectivity index (χ2v) is 9.30. The zero-order valence-corrected chi connectivity index (χ0v) is 18.9. The molecule has 1 N–H and O–H groups in total. The van der Waals surface area contributed by atoms with Gasteiger partial charge in [0.2, 0.25) is 11.8 Å². The normalized spacial score (nSPS) is 19.9. The second-order valence-electron chi connectivity index (χ2n) is 8.86. The predicted molar refractivity (Wildman–Crippen MR) is 128 cm³/mol. The van der Waals surface area contributed by atoms with Crippen LogP contribution in [0.3, 0.4) is 0 Å². The Morgan fingerprint density at radius 3 is 2.59 bits per heavy atom. The quantitative estimate of drug-likeness (QED) is 0.462. The number of rotatable bonds is 3. The summed E-state index contributed by atoms with van der Waals surface area (Å²) in [6.07, 6.45) is 0.431. The van der Waals surface area contributed by atoms with Gasteiger partial charge in [-0.05, 0) is 47.0 Å². The molecule has 0 spiro atoms. The summed E-state index contributed by atoms with van der Waals surface area (Å²) in [5.74, 6) is -0.563. The number of fused-ring (bicyclic) bond motifs is 4. The van der Waals surface area contributed by atoms with Crippen LogP contribution in [0.2, 0.25) is 5.02 Å². The van der Waals surface area contributed by atoms with Gasteiger partial charge in [-0.25, -0.2) is 4.39 Å². The molecular weight excluding hydrogens is 453 g/mol. The standard InChI is InChI=1S/C27H21ClFN3O2/c28-18-5-3-4-17(12-18)26-25-21(20-6-1-2-7-22(20)30-25)13-23-27(34)31(15-24(33)32(23)26)14-16-8-10-19(29)11-9-16/h1-12,23,26,30H,13-15H2/t23-,26-/m0/s1. The van der Waals surface area contributed by atoms with Gasteiger partial charge in [0, 0.05) is 34.6 Å². The Bertz CT molecular complexity index is 1430. The molecular formula is C27H21ClFN3O2. The third-order valence-electron chi connectivity index (χ3n) is 6.79. The van der Waals surface area contributed by atoms with Crippen LogP contribution in [0.15, 0.2) is 72.8 Å². The fraction of sp³-hybridized carbons (Fsp3) is 0.185. The number of aromatic amines is 1. The number of halogens is 2. The fourth-order valence-electron chi connectivity index (χ4n) is 5.29. The highest BCUT2D eigenvalue weighted by Gasteiger charge is 2.48. The highest BCUT2D eigenvalue weighted by Crippen LogP contribution is 2.43. The lowest BCUT2D eigenvalue weighted by molar-refractivity contribution is -0.159. The molecule has 2 amide bonds. The summed E-state index contributed by atoms with van der Waals surface area (Å²) in [4.78, 5) is 34.1. The summed E-state index contributed by atoms with van der Waals surface area (Å²) >= 11 is 6.32. The Labute approximate surface area is 200 Å². The molecule has 2 aliphatic rings. The zero-order valence-electron chi connectivity index (χ0n) is 18.2. The minimum Gasteiger partial charge on any atom is -0.356 e. The van der Waals surface area contributed by atoms with Crippen molar-refractivity contribution >= 4 is 34.3 Å². The van der Waals surface area contributed by atoms with E-state index in [0.717, 1.165) is 33.3 Å². The fourth-order valence-corrected chi connectivity index (χ4v) is 5.49. The first kappa shape index (κ1) is 20.9. The van der Waals surface area contributed by atoms with Gasteiger partial charge in [-0.1, -0.05) is 54.1 Å². The van der Waals surface area contributed by atoms with Gasteiger partial charge >= 0.3 is 0 Å². The minimum absolute atomic E-state index is 0.0284. The first-order chi connectivity index (χ1) is 16.5. The molecule has 2 aliphatic heterocycles. The molecule has 1 saturated heterocycles. The third-order valence-corrected chi connectivity index (χ3v) is 7.03. The van der Waals surface area contributed by atoms with Crippen LogP contribution in [0.1, 0.15) is 28.4 Å². The lowest BCUT2D eigenvalue weighted by atomic mass is 9.86. The summed E-state index contributed by atoms with van der Waals surface area (Å²) in [6, 6.07) is 20.4. The number of amides is 2. The molecule has 3 aromatic carbocycles. The van der Waals surface area contributed by atoms with Crippen molar-refractivity contribution in [1.82, 2.24) is 14.8 Å². The van der Waals surface area contributed by atoms with Gasteiger partial charge in [0.1, 0.15) is 18.4 Å². The largest absolute Gasteiger partial charge is 0.356 e. The first-order valence-corrected chi connectivity index (χ1v) is 11.6. The number of carbonyl (C=O) groups is 2. The average Bonchev–Trinajstić information content (AvgIpc) is 3.21. The van der Waals surface area contributed by atoms with Crippen LogP contribution in [0, 0.1) is 5.82 Å². The van der Waals surface area contributed by atoms with E-state index in [1.165, 1.54) is 12.1 Å². The molecule has 6 rings (SSSR count). The number of para-hydroxylation sites is 1. The van der Waals surface area contributed by atoms with Crippen LogP contribution in [-0.2, 0) is 22.6 Å². The summed E-state index contributed by atoms with van der Waals surface area (Å²) in [6.45, 7) is 0.233. The Balaban J connectivity index is 1.45. The van der Waals surface area contributed by atoms with Crippen LogP contribution in [0.5, 0.6) is 0 Å². The summed E-state index contributed by atoms with van der Waals surface area (Å²) in [5.41, 5.74) is 4.59. The minimum atomic E-state index is -0.627. The topological polar surface area (TPSA) is 56.4 Å². The molecule has 0 bridgehead atoms. The number of carbonyl (C=O) groups excluding carboxylic acids is 2. The van der Waals surface area contributed by atoms with E-state index in [2.05, 4.69) is 4.98 Å². The molecule has 0 radical (unpaired) electrons. The van der Waals surface area contributed by atoms with Crippen molar-refractivity contribution in [2.24, 2.45) is 0 Å². The lowest BCUT2D eigenvalue weighted by Crippen LogP contribution is -2.62. The molecule has 5 nitrogen and oxygen atoms in total. The Hall–Kier alpha value is -3.64. The Morgan fingerprint density at radius 2 is 1.79 bits per heavy atom. The first-order valence-electron chi connectivity index (χ1n) is 11.2.